The Kier molecular flexibility index (Phi) is 6.22. The van der Waals surface area contributed by atoms with Gasteiger partial charge in [-0.05, 0) is 58.2 Å². The van der Waals surface area contributed by atoms with Gasteiger partial charge in [0.1, 0.15) is 22.6 Å². The summed E-state index contributed by atoms with van der Waals surface area (Å²) in [6, 6.07) is 8.38. The Bertz CT molecular complexity index is 1490. The van der Waals surface area contributed by atoms with E-state index >= 15 is 0 Å². The maximum atomic E-state index is 12.7. The van der Waals surface area contributed by atoms with Crippen molar-refractivity contribution < 1.29 is 19.2 Å². The molecule has 0 unspecified atom stereocenters. The fourth-order valence-electron chi connectivity index (χ4n) is 4.63. The van der Waals surface area contributed by atoms with E-state index in [2.05, 4.69) is 15.1 Å². The van der Waals surface area contributed by atoms with E-state index in [0.29, 0.717) is 55.1 Å². The summed E-state index contributed by atoms with van der Waals surface area (Å²) in [5.41, 5.74) is 2.63. The third-order valence-corrected chi connectivity index (χ3v) is 6.37. The summed E-state index contributed by atoms with van der Waals surface area (Å²) in [4.78, 5) is 34.3. The highest BCUT2D eigenvalue weighted by Gasteiger charge is 2.30. The van der Waals surface area contributed by atoms with Crippen LogP contribution in [0.1, 0.15) is 62.3 Å². The molecule has 0 bridgehead atoms. The predicted molar refractivity (Wildman–Crippen MR) is 135 cm³/mol. The summed E-state index contributed by atoms with van der Waals surface area (Å²) in [7, 11) is 0. The van der Waals surface area contributed by atoms with E-state index in [1.54, 1.807) is 39.7 Å². The van der Waals surface area contributed by atoms with Gasteiger partial charge >= 0.3 is 6.09 Å². The number of nitrogens with one attached hydrogen (secondary N) is 1. The van der Waals surface area contributed by atoms with Crippen LogP contribution in [0, 0.1) is 6.92 Å². The van der Waals surface area contributed by atoms with Crippen molar-refractivity contribution in [1.82, 2.24) is 29.6 Å². The lowest BCUT2D eigenvalue weighted by molar-refractivity contribution is 0.0203. The number of amides is 1. The molecule has 1 fully saturated rings. The van der Waals surface area contributed by atoms with Gasteiger partial charge in [0.05, 0.1) is 11.4 Å². The molecule has 11 nitrogen and oxygen atoms in total. The zero-order valence-corrected chi connectivity index (χ0v) is 21.3. The Balaban J connectivity index is 1.40. The molecule has 1 aromatic carbocycles. The summed E-state index contributed by atoms with van der Waals surface area (Å²) < 4.78 is 12.8. The number of piperidine rings is 1. The lowest BCUT2D eigenvalue weighted by atomic mass is 9.93. The van der Waals surface area contributed by atoms with E-state index in [1.165, 1.54) is 0 Å². The second-order valence-corrected chi connectivity index (χ2v) is 10.4. The molecule has 2 N–H and O–H groups in total. The molecule has 4 heterocycles. The fourth-order valence-corrected chi connectivity index (χ4v) is 4.63. The second kappa shape index (κ2) is 9.38. The number of aryl methyl sites for hydroxylation is 1. The van der Waals surface area contributed by atoms with Crippen molar-refractivity contribution in [2.24, 2.45) is 0 Å². The van der Waals surface area contributed by atoms with Gasteiger partial charge in [0.15, 0.2) is 5.82 Å². The number of phenolic OH excluding ortho intramolecular Hbond substituents is 1. The van der Waals surface area contributed by atoms with Crippen LogP contribution in [0.3, 0.4) is 0 Å². The van der Waals surface area contributed by atoms with Crippen LogP contribution in [-0.4, -0.2) is 59.5 Å². The molecule has 11 heteroatoms. The molecule has 1 saturated heterocycles. The molecule has 0 radical (unpaired) electrons. The molecule has 0 atom stereocenters. The molecule has 5 rings (SSSR count). The number of benzene rings is 1. The highest BCUT2D eigenvalue weighted by molar-refractivity contribution is 5.74. The number of likely N-dealkylation sites (tertiary alicyclic amines) is 1. The van der Waals surface area contributed by atoms with Crippen molar-refractivity contribution in [2.45, 2.75) is 58.5 Å². The van der Waals surface area contributed by atoms with E-state index in [-0.39, 0.29) is 29.2 Å². The van der Waals surface area contributed by atoms with Gasteiger partial charge in [-0.15, -0.1) is 0 Å². The molecule has 37 heavy (non-hydrogen) atoms. The van der Waals surface area contributed by atoms with Gasteiger partial charge in [-0.2, -0.15) is 10.1 Å². The number of nitrogens with zero attached hydrogens (tertiary/aromatic N) is 5. The third-order valence-electron chi connectivity index (χ3n) is 6.37. The minimum atomic E-state index is -0.547. The van der Waals surface area contributed by atoms with Crippen LogP contribution >= 0.6 is 0 Å². The van der Waals surface area contributed by atoms with E-state index in [4.69, 9.17) is 14.4 Å². The lowest BCUT2D eigenvalue weighted by Gasteiger charge is -2.33. The van der Waals surface area contributed by atoms with Crippen LogP contribution in [-0.2, 0) is 11.2 Å². The van der Waals surface area contributed by atoms with Crippen LogP contribution in [0.15, 0.2) is 39.6 Å². The van der Waals surface area contributed by atoms with Crippen molar-refractivity contribution in [2.75, 3.05) is 13.1 Å². The first-order valence-corrected chi connectivity index (χ1v) is 12.3. The first kappa shape index (κ1) is 24.5. The monoisotopic (exact) mass is 506 g/mol. The Morgan fingerprint density at radius 1 is 1.22 bits per heavy atom. The number of aromatic hydroxyl groups is 1. The zero-order chi connectivity index (χ0) is 26.3. The van der Waals surface area contributed by atoms with Gasteiger partial charge in [-0.1, -0.05) is 17.3 Å². The van der Waals surface area contributed by atoms with Gasteiger partial charge < -0.3 is 24.3 Å². The van der Waals surface area contributed by atoms with Gasteiger partial charge in [0.25, 0.3) is 11.4 Å². The first-order valence-electron chi connectivity index (χ1n) is 12.3. The molecule has 1 aliphatic rings. The standard InChI is InChI=1S/C26H30N6O5/c1-15-22(24-27-20(30-37-24)13-16-5-7-18(33)8-6-16)23-28-21(34)14-19(32(23)29-15)17-9-11-31(12-10-17)25(35)36-26(2,3)4/h5-8,14,17,33H,9-13H2,1-4H3,(H,28,34). The van der Waals surface area contributed by atoms with Gasteiger partial charge in [0.2, 0.25) is 0 Å². The third kappa shape index (κ3) is 5.20. The van der Waals surface area contributed by atoms with Crippen LogP contribution in [0.25, 0.3) is 17.1 Å². The Labute approximate surface area is 213 Å². The number of H-pyrrole nitrogens is 1. The minimum absolute atomic E-state index is 0.0448. The predicted octanol–water partition coefficient (Wildman–Crippen LogP) is 3.79. The van der Waals surface area contributed by atoms with Crippen molar-refractivity contribution in [3.05, 3.63) is 63.5 Å². The molecule has 1 aliphatic heterocycles. The zero-order valence-electron chi connectivity index (χ0n) is 21.3. The number of phenols is 1. The van der Waals surface area contributed by atoms with Crippen molar-refractivity contribution >= 4 is 11.7 Å². The Hall–Kier alpha value is -4.15. The number of rotatable bonds is 4. The van der Waals surface area contributed by atoms with E-state index in [0.717, 1.165) is 11.3 Å². The maximum absolute atomic E-state index is 12.7. The Morgan fingerprint density at radius 2 is 1.92 bits per heavy atom. The molecule has 1 amide bonds. The molecular formula is C26H30N6O5. The summed E-state index contributed by atoms with van der Waals surface area (Å²) in [6.07, 6.45) is 1.48. The number of aromatic nitrogens is 5. The number of fused-ring (bicyclic) bond motifs is 1. The van der Waals surface area contributed by atoms with Gasteiger partial charge in [0, 0.05) is 31.5 Å². The number of carbonyl (C=O) groups excluding carboxylic acids is 1. The van der Waals surface area contributed by atoms with Crippen LogP contribution in [0.5, 0.6) is 5.75 Å². The van der Waals surface area contributed by atoms with E-state index in [1.807, 2.05) is 27.7 Å². The van der Waals surface area contributed by atoms with E-state index in [9.17, 15) is 14.7 Å². The quantitative estimate of drug-likeness (QED) is 0.426. The highest BCUT2D eigenvalue weighted by atomic mass is 16.6. The van der Waals surface area contributed by atoms with Crippen molar-refractivity contribution in [1.29, 1.82) is 0 Å². The van der Waals surface area contributed by atoms with Gasteiger partial charge in [-0.3, -0.25) is 4.79 Å². The second-order valence-electron chi connectivity index (χ2n) is 10.4. The highest BCUT2D eigenvalue weighted by Crippen LogP contribution is 2.32. The maximum Gasteiger partial charge on any atom is 0.410 e. The summed E-state index contributed by atoms with van der Waals surface area (Å²) in [5.74, 6) is 0.986. The number of hydrogen-bond donors (Lipinski definition) is 2. The van der Waals surface area contributed by atoms with Crippen LogP contribution in [0.2, 0.25) is 0 Å². The summed E-state index contributed by atoms with van der Waals surface area (Å²) >= 11 is 0. The van der Waals surface area contributed by atoms with Crippen molar-refractivity contribution in [3.63, 3.8) is 0 Å². The minimum Gasteiger partial charge on any atom is -0.508 e. The molecule has 3 aromatic heterocycles. The number of carbonyl (C=O) groups is 1. The van der Waals surface area contributed by atoms with Crippen LogP contribution in [0.4, 0.5) is 4.79 Å². The molecule has 0 aliphatic carbocycles. The molecule has 4 aromatic rings. The number of ether oxygens (including phenoxy) is 1. The van der Waals surface area contributed by atoms with Crippen LogP contribution < -0.4 is 5.56 Å². The molecule has 0 saturated carbocycles. The molecule has 194 valence electrons. The molecular weight excluding hydrogens is 476 g/mol. The lowest BCUT2D eigenvalue weighted by Crippen LogP contribution is -2.41. The van der Waals surface area contributed by atoms with E-state index < -0.39 is 5.60 Å². The smallest absolute Gasteiger partial charge is 0.410 e. The SMILES string of the molecule is Cc1nn2c(C3CCN(C(=O)OC(C)(C)C)CC3)cc(=O)[nH]c2c1-c1nc(Cc2ccc(O)cc2)no1. The average Bonchev–Trinajstić information content (AvgIpc) is 3.42. The number of hydrogen-bond acceptors (Lipinski definition) is 8. The van der Waals surface area contributed by atoms with Gasteiger partial charge in [-0.25, -0.2) is 9.31 Å². The average molecular weight is 507 g/mol. The fraction of sp³-hybridized carbons (Fsp3) is 0.423. The normalized spacial score (nSPS) is 14.9. The topological polar surface area (TPSA) is 139 Å². The Morgan fingerprint density at radius 3 is 2.59 bits per heavy atom. The molecule has 0 spiro atoms. The summed E-state index contributed by atoms with van der Waals surface area (Å²) in [6.45, 7) is 8.45. The number of aromatic amines is 1. The summed E-state index contributed by atoms with van der Waals surface area (Å²) in [5, 5.41) is 18.3. The van der Waals surface area contributed by atoms with Crippen molar-refractivity contribution in [3.8, 4) is 17.2 Å². The largest absolute Gasteiger partial charge is 0.508 e. The first-order chi connectivity index (χ1) is 17.6.